The number of benzene rings is 2. The predicted molar refractivity (Wildman–Crippen MR) is 131 cm³/mol. The fraction of sp³-hybridized carbons (Fsp3) is 0.357. The zero-order valence-electron chi connectivity index (χ0n) is 19.5. The summed E-state index contributed by atoms with van der Waals surface area (Å²) in [5, 5.41) is 9.58. The maximum Gasteiger partial charge on any atom is 0.335 e. The average Bonchev–Trinajstić information content (AvgIpc) is 3.52. The molecule has 6 nitrogen and oxygen atoms in total. The van der Waals surface area contributed by atoms with E-state index in [0.717, 1.165) is 72.7 Å². The van der Waals surface area contributed by atoms with E-state index in [9.17, 15) is 14.3 Å². The summed E-state index contributed by atoms with van der Waals surface area (Å²) in [4.78, 5) is 18.0. The smallest absolute Gasteiger partial charge is 0.335 e. The summed E-state index contributed by atoms with van der Waals surface area (Å²) in [5.74, 6) is 0.548. The number of nitrogens with zero attached hydrogens (tertiary/aromatic N) is 2. The van der Waals surface area contributed by atoms with E-state index in [1.165, 1.54) is 6.39 Å². The Bertz CT molecular complexity index is 1190. The van der Waals surface area contributed by atoms with Gasteiger partial charge in [0.05, 0.1) is 18.4 Å². The molecule has 7 heteroatoms. The number of oxazole rings is 1. The second-order valence-electron chi connectivity index (χ2n) is 9.15. The van der Waals surface area contributed by atoms with Gasteiger partial charge in [0.2, 0.25) is 0 Å². The Morgan fingerprint density at radius 3 is 2.80 bits per heavy atom. The highest BCUT2D eigenvalue weighted by Crippen LogP contribution is 2.40. The molecule has 0 radical (unpaired) electrons. The van der Waals surface area contributed by atoms with Crippen LogP contribution in [0.25, 0.3) is 5.57 Å². The Hall–Kier alpha value is -3.45. The van der Waals surface area contributed by atoms with Crippen molar-refractivity contribution in [3.05, 3.63) is 89.1 Å². The van der Waals surface area contributed by atoms with Gasteiger partial charge in [0.25, 0.3) is 0 Å². The van der Waals surface area contributed by atoms with E-state index in [1.54, 1.807) is 18.3 Å². The van der Waals surface area contributed by atoms with Crippen LogP contribution in [0, 0.1) is 0 Å². The number of alkyl halides is 1. The maximum atomic E-state index is 12.5. The molecule has 2 aliphatic rings. The van der Waals surface area contributed by atoms with Crippen molar-refractivity contribution in [3.63, 3.8) is 0 Å². The molecule has 1 fully saturated rings. The van der Waals surface area contributed by atoms with Crippen molar-refractivity contribution in [2.45, 2.75) is 37.7 Å². The average molecular weight is 477 g/mol. The molecule has 1 aromatic heterocycles. The van der Waals surface area contributed by atoms with Crippen LogP contribution >= 0.6 is 0 Å². The van der Waals surface area contributed by atoms with E-state index in [2.05, 4.69) is 28.1 Å². The number of allylic oxidation sites excluding steroid dienone is 1. The first kappa shape index (κ1) is 23.3. The van der Waals surface area contributed by atoms with Crippen molar-refractivity contribution in [2.75, 3.05) is 26.3 Å². The summed E-state index contributed by atoms with van der Waals surface area (Å²) in [6.07, 6.45) is 8.61. The van der Waals surface area contributed by atoms with Gasteiger partial charge in [-0.05, 0) is 72.2 Å². The highest BCUT2D eigenvalue weighted by atomic mass is 19.1. The number of hydrogen-bond donors (Lipinski definition) is 1. The van der Waals surface area contributed by atoms with Crippen LogP contribution in [0.2, 0.25) is 0 Å². The Labute approximate surface area is 204 Å². The van der Waals surface area contributed by atoms with Crippen LogP contribution in [0.15, 0.2) is 65.5 Å². The fourth-order valence-electron chi connectivity index (χ4n) is 5.14. The minimum atomic E-state index is -0.949. The monoisotopic (exact) mass is 476 g/mol. The van der Waals surface area contributed by atoms with Gasteiger partial charge in [0.1, 0.15) is 17.6 Å². The topological polar surface area (TPSA) is 75.8 Å². The van der Waals surface area contributed by atoms with Crippen molar-refractivity contribution >= 4 is 11.5 Å². The van der Waals surface area contributed by atoms with Gasteiger partial charge >= 0.3 is 5.97 Å². The number of likely N-dealkylation sites (tertiary alicyclic amines) is 1. The lowest BCUT2D eigenvalue weighted by atomic mass is 9.86. The summed E-state index contributed by atoms with van der Waals surface area (Å²) in [5.41, 5.74) is 4.32. The Morgan fingerprint density at radius 2 is 2.06 bits per heavy atom. The van der Waals surface area contributed by atoms with Crippen LogP contribution in [0.5, 0.6) is 5.75 Å². The lowest BCUT2D eigenvalue weighted by molar-refractivity contribution is 0.0696. The van der Waals surface area contributed by atoms with Crippen molar-refractivity contribution in [1.82, 2.24) is 9.88 Å². The predicted octanol–water partition coefficient (Wildman–Crippen LogP) is 5.54. The second-order valence-corrected chi connectivity index (χ2v) is 9.15. The number of ether oxygens (including phenoxy) is 1. The molecule has 0 spiro atoms. The molecule has 2 atom stereocenters. The molecule has 2 heterocycles. The third kappa shape index (κ3) is 5.15. The molecule has 1 saturated heterocycles. The molecule has 0 bridgehead atoms. The number of carboxylic acids is 1. The van der Waals surface area contributed by atoms with Crippen molar-refractivity contribution in [2.24, 2.45) is 0 Å². The van der Waals surface area contributed by atoms with Gasteiger partial charge in [-0.2, -0.15) is 0 Å². The number of fused-ring (bicyclic) bond motifs is 1. The zero-order valence-corrected chi connectivity index (χ0v) is 19.5. The van der Waals surface area contributed by atoms with E-state index in [-0.39, 0.29) is 24.3 Å². The molecule has 1 aliphatic carbocycles. The molecular weight excluding hydrogens is 447 g/mol. The van der Waals surface area contributed by atoms with Gasteiger partial charge in [0, 0.05) is 25.6 Å². The summed E-state index contributed by atoms with van der Waals surface area (Å²) < 4.78 is 24.3. The Morgan fingerprint density at radius 1 is 1.20 bits per heavy atom. The SMILES string of the molecule is O=C(O)c1ccc2c(c1)C(c1cnco1)CCC=C2c1ccc(O[C@H]2CCN(CCCF)C2)cc1. The number of halogens is 1. The Balaban J connectivity index is 1.38. The van der Waals surface area contributed by atoms with Crippen molar-refractivity contribution < 1.29 is 23.4 Å². The minimum absolute atomic E-state index is 0.0640. The van der Waals surface area contributed by atoms with Crippen LogP contribution in [0.3, 0.4) is 0 Å². The molecule has 35 heavy (non-hydrogen) atoms. The molecule has 2 aromatic carbocycles. The number of aromatic carboxylic acids is 1. The lowest BCUT2D eigenvalue weighted by Gasteiger charge is -2.18. The third-order valence-electron chi connectivity index (χ3n) is 6.87. The summed E-state index contributed by atoms with van der Waals surface area (Å²) in [6.45, 7) is 2.27. The van der Waals surface area contributed by atoms with Gasteiger partial charge in [-0.15, -0.1) is 0 Å². The van der Waals surface area contributed by atoms with Crippen LogP contribution in [-0.2, 0) is 0 Å². The van der Waals surface area contributed by atoms with Gasteiger partial charge < -0.3 is 14.3 Å². The molecule has 0 amide bonds. The van der Waals surface area contributed by atoms with Crippen LogP contribution < -0.4 is 4.74 Å². The first-order valence-electron chi connectivity index (χ1n) is 12.1. The van der Waals surface area contributed by atoms with Crippen LogP contribution in [-0.4, -0.2) is 53.4 Å². The molecule has 1 unspecified atom stereocenters. The number of aromatic nitrogens is 1. The molecule has 1 N–H and O–H groups in total. The fourth-order valence-corrected chi connectivity index (χ4v) is 5.14. The third-order valence-corrected chi connectivity index (χ3v) is 6.87. The minimum Gasteiger partial charge on any atom is -0.489 e. The van der Waals surface area contributed by atoms with Gasteiger partial charge in [-0.1, -0.05) is 24.3 Å². The number of rotatable bonds is 8. The summed E-state index contributed by atoms with van der Waals surface area (Å²) in [7, 11) is 0. The standard InChI is InChI=1S/C28H29FN2O4/c29-12-2-13-31-14-11-22(17-31)35-21-8-5-19(6-9-21)23-3-1-4-25(27-16-30-18-34-27)26-15-20(28(32)33)7-10-24(23)26/h3,5-10,15-16,18,22,25H,1-2,4,11-14,17H2,(H,32,33)/t22-,25?/m0/s1. The number of hydrogen-bond acceptors (Lipinski definition) is 5. The van der Waals surface area contributed by atoms with Gasteiger partial charge in [-0.3, -0.25) is 9.29 Å². The molecule has 5 rings (SSSR count). The lowest BCUT2D eigenvalue weighted by Crippen LogP contribution is -2.26. The Kier molecular flexibility index (Phi) is 6.95. The second kappa shape index (κ2) is 10.4. The molecule has 0 saturated carbocycles. The first-order valence-corrected chi connectivity index (χ1v) is 12.1. The molecule has 1 aliphatic heterocycles. The van der Waals surface area contributed by atoms with Gasteiger partial charge in [-0.25, -0.2) is 9.78 Å². The highest BCUT2D eigenvalue weighted by Gasteiger charge is 2.26. The van der Waals surface area contributed by atoms with Crippen molar-refractivity contribution in [3.8, 4) is 5.75 Å². The molecular formula is C28H29FN2O4. The van der Waals surface area contributed by atoms with E-state index in [0.29, 0.717) is 6.42 Å². The molecule has 182 valence electrons. The van der Waals surface area contributed by atoms with E-state index >= 15 is 0 Å². The van der Waals surface area contributed by atoms with Crippen molar-refractivity contribution in [1.29, 1.82) is 0 Å². The van der Waals surface area contributed by atoms with Crippen LogP contribution in [0.4, 0.5) is 4.39 Å². The first-order chi connectivity index (χ1) is 17.1. The van der Waals surface area contributed by atoms with E-state index < -0.39 is 5.97 Å². The van der Waals surface area contributed by atoms with Gasteiger partial charge in [0.15, 0.2) is 6.39 Å². The zero-order chi connectivity index (χ0) is 24.2. The quantitative estimate of drug-likeness (QED) is 0.460. The normalized spacial score (nSPS) is 20.2. The summed E-state index contributed by atoms with van der Waals surface area (Å²) in [6, 6.07) is 13.4. The maximum absolute atomic E-state index is 12.5. The highest BCUT2D eigenvalue weighted by molar-refractivity contribution is 5.90. The number of carbonyl (C=O) groups is 1. The van der Waals surface area contributed by atoms with Crippen LogP contribution in [0.1, 0.15) is 64.4 Å². The van der Waals surface area contributed by atoms with E-state index in [1.807, 2.05) is 18.2 Å². The molecule has 3 aromatic rings. The van der Waals surface area contributed by atoms with E-state index in [4.69, 9.17) is 9.15 Å². The number of carboxylic acid groups (broad SMARTS) is 1. The largest absolute Gasteiger partial charge is 0.489 e. The summed E-state index contributed by atoms with van der Waals surface area (Å²) >= 11 is 0.